The molecule has 4 rings (SSSR count). The van der Waals surface area contributed by atoms with Crippen LogP contribution in [0.3, 0.4) is 0 Å². The van der Waals surface area contributed by atoms with E-state index in [1.807, 2.05) is 54.6 Å². The number of para-hydroxylation sites is 1. The molecule has 1 amide bonds. The SMILES string of the molecule is O=C(NCC1(c2cccc(F)c2)CCOCC1)c1ccccc1COc1ccccc1. The highest BCUT2D eigenvalue weighted by Crippen LogP contribution is 2.34. The van der Waals surface area contributed by atoms with Gasteiger partial charge in [0.1, 0.15) is 18.2 Å². The molecule has 1 fully saturated rings. The number of nitrogens with one attached hydrogen (secondary N) is 1. The van der Waals surface area contributed by atoms with Gasteiger partial charge >= 0.3 is 0 Å². The summed E-state index contributed by atoms with van der Waals surface area (Å²) in [4.78, 5) is 13.1. The number of halogens is 1. The highest BCUT2D eigenvalue weighted by atomic mass is 19.1. The van der Waals surface area contributed by atoms with Gasteiger partial charge in [-0.2, -0.15) is 0 Å². The number of hydrogen-bond acceptors (Lipinski definition) is 3. The Labute approximate surface area is 182 Å². The third kappa shape index (κ3) is 5.12. The lowest BCUT2D eigenvalue weighted by Gasteiger charge is -2.38. The largest absolute Gasteiger partial charge is 0.489 e. The number of benzene rings is 3. The van der Waals surface area contributed by atoms with Gasteiger partial charge in [-0.15, -0.1) is 0 Å². The molecule has 3 aromatic rings. The zero-order chi connectivity index (χ0) is 21.5. The Morgan fingerprint density at radius 3 is 2.48 bits per heavy atom. The first kappa shape index (κ1) is 21.1. The topological polar surface area (TPSA) is 47.6 Å². The van der Waals surface area contributed by atoms with Gasteiger partial charge in [-0.1, -0.05) is 48.5 Å². The normalized spacial score (nSPS) is 15.3. The molecule has 0 atom stereocenters. The van der Waals surface area contributed by atoms with Crippen LogP contribution in [0.5, 0.6) is 5.75 Å². The predicted octanol–water partition coefficient (Wildman–Crippen LogP) is 4.88. The molecular weight excluding hydrogens is 393 g/mol. The van der Waals surface area contributed by atoms with E-state index in [0.29, 0.717) is 31.9 Å². The number of hydrogen-bond donors (Lipinski definition) is 1. The van der Waals surface area contributed by atoms with Crippen molar-refractivity contribution >= 4 is 5.91 Å². The van der Waals surface area contributed by atoms with E-state index in [1.54, 1.807) is 18.2 Å². The second kappa shape index (κ2) is 9.75. The van der Waals surface area contributed by atoms with Crippen molar-refractivity contribution in [2.24, 2.45) is 0 Å². The van der Waals surface area contributed by atoms with E-state index in [2.05, 4.69) is 5.32 Å². The van der Waals surface area contributed by atoms with E-state index in [9.17, 15) is 9.18 Å². The third-order valence-electron chi connectivity index (χ3n) is 5.87. The maximum atomic E-state index is 13.9. The van der Waals surface area contributed by atoms with E-state index in [4.69, 9.17) is 9.47 Å². The van der Waals surface area contributed by atoms with Crippen molar-refractivity contribution in [3.8, 4) is 5.75 Å². The standard InChI is InChI=1S/C26H26FNO3/c27-22-9-6-8-21(17-22)26(13-15-30-16-14-26)19-28-25(29)24-12-5-4-7-20(24)18-31-23-10-2-1-3-11-23/h1-12,17H,13-16,18-19H2,(H,28,29). The van der Waals surface area contributed by atoms with Crippen LogP contribution in [-0.2, 0) is 16.8 Å². The second-order valence-corrected chi connectivity index (χ2v) is 7.84. The lowest BCUT2D eigenvalue weighted by molar-refractivity contribution is 0.0486. The number of rotatable bonds is 7. The molecule has 1 aliphatic heterocycles. The summed E-state index contributed by atoms with van der Waals surface area (Å²) < 4.78 is 25.3. The number of carbonyl (C=O) groups excluding carboxylic acids is 1. The summed E-state index contributed by atoms with van der Waals surface area (Å²) in [5.74, 6) is 0.331. The molecule has 5 heteroatoms. The quantitative estimate of drug-likeness (QED) is 0.594. The summed E-state index contributed by atoms with van der Waals surface area (Å²) in [6.07, 6.45) is 1.46. The smallest absolute Gasteiger partial charge is 0.251 e. The summed E-state index contributed by atoms with van der Waals surface area (Å²) >= 11 is 0. The molecule has 0 aromatic heterocycles. The molecule has 1 aliphatic rings. The molecule has 1 saturated heterocycles. The van der Waals surface area contributed by atoms with E-state index in [1.165, 1.54) is 6.07 Å². The van der Waals surface area contributed by atoms with Gasteiger partial charge < -0.3 is 14.8 Å². The summed E-state index contributed by atoms with van der Waals surface area (Å²) in [5.41, 5.74) is 1.96. The van der Waals surface area contributed by atoms with E-state index >= 15 is 0 Å². The van der Waals surface area contributed by atoms with Crippen molar-refractivity contribution in [3.63, 3.8) is 0 Å². The Bertz CT molecular complexity index is 1020. The summed E-state index contributed by atoms with van der Waals surface area (Å²) in [5, 5.41) is 3.09. The van der Waals surface area contributed by atoms with E-state index in [0.717, 1.165) is 29.7 Å². The molecule has 160 valence electrons. The molecule has 4 nitrogen and oxygen atoms in total. The zero-order valence-electron chi connectivity index (χ0n) is 17.4. The van der Waals surface area contributed by atoms with Gasteiger partial charge in [0.05, 0.1) is 0 Å². The van der Waals surface area contributed by atoms with Crippen LogP contribution in [0.4, 0.5) is 4.39 Å². The third-order valence-corrected chi connectivity index (χ3v) is 5.87. The number of carbonyl (C=O) groups is 1. The minimum atomic E-state index is -0.342. The molecular formula is C26H26FNO3. The van der Waals surface area contributed by atoms with Crippen molar-refractivity contribution in [1.29, 1.82) is 0 Å². The highest BCUT2D eigenvalue weighted by Gasteiger charge is 2.35. The molecule has 1 heterocycles. The van der Waals surface area contributed by atoms with Gasteiger partial charge in [0, 0.05) is 36.3 Å². The van der Waals surface area contributed by atoms with Crippen LogP contribution in [0.1, 0.15) is 34.3 Å². The Balaban J connectivity index is 1.48. The predicted molar refractivity (Wildman–Crippen MR) is 118 cm³/mol. The zero-order valence-corrected chi connectivity index (χ0v) is 17.4. The fourth-order valence-corrected chi connectivity index (χ4v) is 4.04. The summed E-state index contributed by atoms with van der Waals surface area (Å²) in [7, 11) is 0. The van der Waals surface area contributed by atoms with Gasteiger partial charge in [-0.25, -0.2) is 4.39 Å². The van der Waals surface area contributed by atoms with Gasteiger partial charge in [0.2, 0.25) is 0 Å². The molecule has 3 aromatic carbocycles. The van der Waals surface area contributed by atoms with E-state index in [-0.39, 0.29) is 17.1 Å². The Morgan fingerprint density at radius 2 is 1.71 bits per heavy atom. The fourth-order valence-electron chi connectivity index (χ4n) is 4.04. The van der Waals surface area contributed by atoms with Crippen LogP contribution in [0.25, 0.3) is 0 Å². The Morgan fingerprint density at radius 1 is 0.968 bits per heavy atom. The maximum Gasteiger partial charge on any atom is 0.251 e. The van der Waals surface area contributed by atoms with Crippen LogP contribution >= 0.6 is 0 Å². The summed E-state index contributed by atoms with van der Waals surface area (Å²) in [6, 6.07) is 23.6. The van der Waals surface area contributed by atoms with Crippen molar-refractivity contribution in [2.45, 2.75) is 24.9 Å². The monoisotopic (exact) mass is 419 g/mol. The molecule has 0 aliphatic carbocycles. The average Bonchev–Trinajstić information content (AvgIpc) is 2.83. The molecule has 1 N–H and O–H groups in total. The first-order chi connectivity index (χ1) is 15.2. The van der Waals surface area contributed by atoms with Gasteiger partial charge in [0.15, 0.2) is 0 Å². The molecule has 0 radical (unpaired) electrons. The average molecular weight is 419 g/mol. The van der Waals surface area contributed by atoms with Crippen LogP contribution < -0.4 is 10.1 Å². The highest BCUT2D eigenvalue weighted by molar-refractivity contribution is 5.95. The summed E-state index contributed by atoms with van der Waals surface area (Å²) in [6.45, 7) is 1.91. The van der Waals surface area contributed by atoms with Gasteiger partial charge in [-0.05, 0) is 48.7 Å². The molecule has 0 spiro atoms. The fraction of sp³-hybridized carbons (Fsp3) is 0.269. The van der Waals surface area contributed by atoms with Crippen molar-refractivity contribution in [2.75, 3.05) is 19.8 Å². The van der Waals surface area contributed by atoms with Crippen LogP contribution in [-0.4, -0.2) is 25.7 Å². The van der Waals surface area contributed by atoms with Crippen LogP contribution in [0.2, 0.25) is 0 Å². The van der Waals surface area contributed by atoms with Crippen molar-refractivity contribution in [1.82, 2.24) is 5.32 Å². The lowest BCUT2D eigenvalue weighted by atomic mass is 9.74. The van der Waals surface area contributed by atoms with Crippen molar-refractivity contribution < 1.29 is 18.7 Å². The molecule has 0 saturated carbocycles. The van der Waals surface area contributed by atoms with E-state index < -0.39 is 0 Å². The number of amides is 1. The minimum Gasteiger partial charge on any atom is -0.489 e. The molecule has 0 bridgehead atoms. The Kier molecular flexibility index (Phi) is 6.63. The maximum absolute atomic E-state index is 13.9. The first-order valence-corrected chi connectivity index (χ1v) is 10.5. The lowest BCUT2D eigenvalue weighted by Crippen LogP contribution is -2.44. The molecule has 0 unspecified atom stereocenters. The van der Waals surface area contributed by atoms with Gasteiger partial charge in [0.25, 0.3) is 5.91 Å². The van der Waals surface area contributed by atoms with Crippen LogP contribution in [0.15, 0.2) is 78.9 Å². The van der Waals surface area contributed by atoms with Crippen molar-refractivity contribution in [3.05, 3.63) is 101 Å². The molecule has 31 heavy (non-hydrogen) atoms. The second-order valence-electron chi connectivity index (χ2n) is 7.84. The number of ether oxygens (including phenoxy) is 2. The van der Waals surface area contributed by atoms with Gasteiger partial charge in [-0.3, -0.25) is 4.79 Å². The first-order valence-electron chi connectivity index (χ1n) is 10.5. The Hall–Kier alpha value is -3.18. The van der Waals surface area contributed by atoms with Crippen LogP contribution in [0, 0.1) is 5.82 Å². The minimum absolute atomic E-state index is 0.158.